The summed E-state index contributed by atoms with van der Waals surface area (Å²) in [6.45, 7) is 5.62. The molecule has 0 aromatic heterocycles. The number of benzene rings is 1. The Kier molecular flexibility index (Phi) is 2.98. The fraction of sp³-hybridized carbons (Fsp3) is 0.364. The van der Waals surface area contributed by atoms with E-state index in [1.54, 1.807) is 0 Å². The van der Waals surface area contributed by atoms with Crippen LogP contribution in [0.4, 0.5) is 5.69 Å². The maximum atomic E-state index is 10.8. The van der Waals surface area contributed by atoms with Gasteiger partial charge in [-0.2, -0.15) is 0 Å². The number of carboxylic acid groups (broad SMARTS) is 1. The van der Waals surface area contributed by atoms with Gasteiger partial charge in [-0.25, -0.2) is 4.79 Å². The van der Waals surface area contributed by atoms with Gasteiger partial charge in [-0.15, -0.1) is 0 Å². The molecule has 0 fully saturated rings. The van der Waals surface area contributed by atoms with E-state index in [1.165, 1.54) is 12.1 Å². The zero-order valence-electron chi connectivity index (χ0n) is 9.35. The molecule has 1 N–H and O–H groups in total. The van der Waals surface area contributed by atoms with Crippen molar-refractivity contribution in [1.29, 1.82) is 0 Å². The largest absolute Gasteiger partial charge is 0.478 e. The summed E-state index contributed by atoms with van der Waals surface area (Å²) in [6.07, 6.45) is 0. The molecule has 0 aliphatic heterocycles. The van der Waals surface area contributed by atoms with Crippen LogP contribution in [0, 0.1) is 10.1 Å². The van der Waals surface area contributed by atoms with Gasteiger partial charge in [-0.1, -0.05) is 20.8 Å². The lowest BCUT2D eigenvalue weighted by atomic mass is 9.86. The van der Waals surface area contributed by atoms with Crippen molar-refractivity contribution >= 4 is 11.7 Å². The van der Waals surface area contributed by atoms with Gasteiger partial charge in [-0.3, -0.25) is 10.1 Å². The van der Waals surface area contributed by atoms with Gasteiger partial charge in [0.15, 0.2) is 0 Å². The topological polar surface area (TPSA) is 80.4 Å². The second-order valence-corrected chi connectivity index (χ2v) is 4.58. The van der Waals surface area contributed by atoms with Crippen LogP contribution < -0.4 is 0 Å². The normalized spacial score (nSPS) is 11.2. The molecule has 0 heterocycles. The van der Waals surface area contributed by atoms with E-state index in [1.807, 2.05) is 20.8 Å². The number of carbonyl (C=O) groups is 1. The van der Waals surface area contributed by atoms with Gasteiger partial charge < -0.3 is 5.11 Å². The molecule has 0 aliphatic rings. The molecule has 0 atom stereocenters. The van der Waals surface area contributed by atoms with Crippen LogP contribution in [-0.2, 0) is 5.41 Å². The van der Waals surface area contributed by atoms with Crippen molar-refractivity contribution in [3.05, 3.63) is 39.4 Å². The summed E-state index contributed by atoms with van der Waals surface area (Å²) in [7, 11) is 0. The molecule has 16 heavy (non-hydrogen) atoms. The summed E-state index contributed by atoms with van der Waals surface area (Å²) < 4.78 is 0. The Hall–Kier alpha value is -1.91. The third kappa shape index (κ3) is 2.56. The summed E-state index contributed by atoms with van der Waals surface area (Å²) in [5, 5.41) is 19.5. The molecule has 0 saturated heterocycles. The van der Waals surface area contributed by atoms with E-state index in [2.05, 4.69) is 0 Å². The Morgan fingerprint density at radius 1 is 1.31 bits per heavy atom. The summed E-state index contributed by atoms with van der Waals surface area (Å²) in [4.78, 5) is 20.9. The van der Waals surface area contributed by atoms with Crippen molar-refractivity contribution in [3.63, 3.8) is 0 Å². The molecule has 0 spiro atoms. The number of hydrogen-bond donors (Lipinski definition) is 1. The Morgan fingerprint density at radius 3 is 2.25 bits per heavy atom. The minimum absolute atomic E-state index is 0.0564. The average molecular weight is 223 g/mol. The Morgan fingerprint density at radius 2 is 1.88 bits per heavy atom. The van der Waals surface area contributed by atoms with E-state index in [4.69, 9.17) is 5.11 Å². The van der Waals surface area contributed by atoms with Gasteiger partial charge in [0.1, 0.15) is 0 Å². The molecule has 86 valence electrons. The van der Waals surface area contributed by atoms with Crippen LogP contribution in [0.25, 0.3) is 0 Å². The van der Waals surface area contributed by atoms with Crippen LogP contribution in [0.5, 0.6) is 0 Å². The zero-order valence-corrected chi connectivity index (χ0v) is 9.35. The number of non-ortho nitro benzene ring substituents is 1. The minimum atomic E-state index is -1.16. The number of rotatable bonds is 2. The molecule has 1 aromatic rings. The van der Waals surface area contributed by atoms with Gasteiger partial charge in [0, 0.05) is 12.1 Å². The lowest BCUT2D eigenvalue weighted by Crippen LogP contribution is -2.13. The first-order chi connectivity index (χ1) is 7.21. The van der Waals surface area contributed by atoms with Crippen LogP contribution in [0.3, 0.4) is 0 Å². The van der Waals surface area contributed by atoms with Crippen molar-refractivity contribution in [2.75, 3.05) is 0 Å². The average Bonchev–Trinajstić information content (AvgIpc) is 2.15. The smallest absolute Gasteiger partial charge is 0.335 e. The Labute approximate surface area is 92.9 Å². The highest BCUT2D eigenvalue weighted by molar-refractivity contribution is 5.88. The number of carboxylic acids is 1. The first-order valence-electron chi connectivity index (χ1n) is 4.75. The molecule has 0 aliphatic carbocycles. The second-order valence-electron chi connectivity index (χ2n) is 4.58. The quantitative estimate of drug-likeness (QED) is 0.617. The van der Waals surface area contributed by atoms with Crippen LogP contribution >= 0.6 is 0 Å². The molecule has 0 amide bonds. The molecule has 0 saturated carbocycles. The molecule has 5 heteroatoms. The first-order valence-corrected chi connectivity index (χ1v) is 4.75. The predicted molar refractivity (Wildman–Crippen MR) is 58.8 cm³/mol. The predicted octanol–water partition coefficient (Wildman–Crippen LogP) is 2.59. The van der Waals surface area contributed by atoms with Crippen molar-refractivity contribution in [1.82, 2.24) is 0 Å². The van der Waals surface area contributed by atoms with E-state index < -0.39 is 10.9 Å². The summed E-state index contributed by atoms with van der Waals surface area (Å²) in [5.74, 6) is -1.16. The maximum Gasteiger partial charge on any atom is 0.335 e. The van der Waals surface area contributed by atoms with E-state index in [9.17, 15) is 14.9 Å². The van der Waals surface area contributed by atoms with Gasteiger partial charge >= 0.3 is 5.97 Å². The van der Waals surface area contributed by atoms with Crippen LogP contribution in [0.15, 0.2) is 18.2 Å². The molecule has 0 radical (unpaired) electrons. The highest BCUT2D eigenvalue weighted by Gasteiger charge is 2.20. The third-order valence-electron chi connectivity index (χ3n) is 2.24. The monoisotopic (exact) mass is 223 g/mol. The lowest BCUT2D eigenvalue weighted by Gasteiger charge is -2.19. The summed E-state index contributed by atoms with van der Waals surface area (Å²) in [6, 6.07) is 3.94. The molecular weight excluding hydrogens is 210 g/mol. The maximum absolute atomic E-state index is 10.8. The SMILES string of the molecule is CC(C)(C)c1cc(C(=O)O)cc([N+](=O)[O-])c1. The number of aromatic carboxylic acids is 1. The second kappa shape index (κ2) is 3.92. The van der Waals surface area contributed by atoms with Crippen LogP contribution in [0.2, 0.25) is 0 Å². The molecular formula is C11H13NO4. The highest BCUT2D eigenvalue weighted by atomic mass is 16.6. The van der Waals surface area contributed by atoms with E-state index in [-0.39, 0.29) is 16.7 Å². The summed E-state index contributed by atoms with van der Waals surface area (Å²) >= 11 is 0. The fourth-order valence-corrected chi connectivity index (χ4v) is 1.27. The van der Waals surface area contributed by atoms with Gasteiger partial charge in [0.25, 0.3) is 5.69 Å². The van der Waals surface area contributed by atoms with E-state index >= 15 is 0 Å². The highest BCUT2D eigenvalue weighted by Crippen LogP contribution is 2.27. The molecule has 0 unspecified atom stereocenters. The van der Waals surface area contributed by atoms with Crippen LogP contribution in [0.1, 0.15) is 36.7 Å². The van der Waals surface area contributed by atoms with Crippen molar-refractivity contribution in [3.8, 4) is 0 Å². The van der Waals surface area contributed by atoms with Crippen LogP contribution in [-0.4, -0.2) is 16.0 Å². The fourth-order valence-electron chi connectivity index (χ4n) is 1.27. The number of nitrogens with zero attached hydrogens (tertiary/aromatic N) is 1. The first kappa shape index (κ1) is 12.2. The Bertz CT molecular complexity index is 414. The van der Waals surface area contributed by atoms with E-state index in [0.29, 0.717) is 5.56 Å². The molecule has 1 rings (SSSR count). The molecule has 1 aromatic carbocycles. The Balaban J connectivity index is 3.42. The minimum Gasteiger partial charge on any atom is -0.478 e. The lowest BCUT2D eigenvalue weighted by molar-refractivity contribution is -0.385. The number of hydrogen-bond acceptors (Lipinski definition) is 3. The van der Waals surface area contributed by atoms with Gasteiger partial charge in [-0.05, 0) is 17.0 Å². The molecule has 5 nitrogen and oxygen atoms in total. The number of nitro groups is 1. The summed E-state index contributed by atoms with van der Waals surface area (Å²) in [5.41, 5.74) is 0.0685. The van der Waals surface area contributed by atoms with Crippen molar-refractivity contribution in [2.24, 2.45) is 0 Å². The van der Waals surface area contributed by atoms with Gasteiger partial charge in [0.2, 0.25) is 0 Å². The zero-order chi connectivity index (χ0) is 12.5. The molecule has 0 bridgehead atoms. The van der Waals surface area contributed by atoms with Crippen molar-refractivity contribution in [2.45, 2.75) is 26.2 Å². The standard InChI is InChI=1S/C11H13NO4/c1-11(2,3)8-4-7(10(13)14)5-9(6-8)12(15)16/h4-6H,1-3H3,(H,13,14). The van der Waals surface area contributed by atoms with Gasteiger partial charge in [0.05, 0.1) is 10.5 Å². The van der Waals surface area contributed by atoms with E-state index in [0.717, 1.165) is 6.07 Å². The third-order valence-corrected chi connectivity index (χ3v) is 2.24. The number of nitro benzene ring substituents is 1. The van der Waals surface area contributed by atoms with Crippen molar-refractivity contribution < 1.29 is 14.8 Å².